The molecule has 0 atom stereocenters. The lowest BCUT2D eigenvalue weighted by Gasteiger charge is -2.15. The summed E-state index contributed by atoms with van der Waals surface area (Å²) in [6.45, 7) is 0. The Morgan fingerprint density at radius 2 is 0.778 bits per heavy atom. The highest BCUT2D eigenvalue weighted by molar-refractivity contribution is 6.06. The molecule has 274 valence electrons. The molecule has 5 aromatic carbocycles. The van der Waals surface area contributed by atoms with Crippen LogP contribution in [0.1, 0.15) is 20.7 Å². The molecule has 0 fully saturated rings. The Labute approximate surface area is 295 Å². The Balaban J connectivity index is 1.35. The molecule has 18 nitrogen and oxygen atoms in total. The Hall–Kier alpha value is -8.04. The number of non-ortho nitro benzene ring substituents is 4. The van der Waals surface area contributed by atoms with Crippen molar-refractivity contribution in [1.29, 1.82) is 0 Å². The quantitative estimate of drug-likeness (QED) is 0.0533. The Morgan fingerprint density at radius 3 is 1.06 bits per heavy atom. The van der Waals surface area contributed by atoms with E-state index in [1.54, 1.807) is 0 Å². The molecule has 0 saturated carbocycles. The average Bonchev–Trinajstić information content (AvgIpc) is 3.14. The number of benzene rings is 5. The van der Waals surface area contributed by atoms with E-state index < -0.39 is 112 Å². The minimum absolute atomic E-state index is 0.177. The third-order valence-corrected chi connectivity index (χ3v) is 6.98. The summed E-state index contributed by atoms with van der Waals surface area (Å²) < 4.78 is 70.6. The molecular weight excluding hydrogens is 736 g/mol. The first-order valence-corrected chi connectivity index (χ1v) is 14.4. The second kappa shape index (κ2) is 15.1. The lowest BCUT2D eigenvalue weighted by molar-refractivity contribution is -0.394. The number of carbonyl (C=O) groups excluding carboxylic acids is 2. The number of hydrogen-bond acceptors (Lipinski definition) is 12. The molecule has 0 heterocycles. The van der Waals surface area contributed by atoms with Crippen LogP contribution in [0, 0.1) is 63.7 Å². The maximum absolute atomic E-state index is 15.1. The molecule has 0 aliphatic heterocycles. The smallest absolute Gasteiger partial charge is 0.277 e. The highest BCUT2D eigenvalue weighted by atomic mass is 19.2. The lowest BCUT2D eigenvalue weighted by atomic mass is 10.1. The number of nitro benzene ring substituents is 4. The van der Waals surface area contributed by atoms with E-state index in [1.165, 1.54) is 24.3 Å². The zero-order valence-electron chi connectivity index (χ0n) is 26.3. The van der Waals surface area contributed by atoms with Crippen LogP contribution >= 0.6 is 0 Å². The van der Waals surface area contributed by atoms with Gasteiger partial charge in [0.25, 0.3) is 34.6 Å². The third-order valence-electron chi connectivity index (χ3n) is 6.98. The summed E-state index contributed by atoms with van der Waals surface area (Å²) in [4.78, 5) is 66.2. The van der Waals surface area contributed by atoms with Crippen LogP contribution in [0.25, 0.3) is 0 Å². The molecule has 2 amide bonds. The number of halogens is 4. The van der Waals surface area contributed by atoms with Crippen LogP contribution in [-0.4, -0.2) is 31.5 Å². The normalized spacial score (nSPS) is 10.6. The summed E-state index contributed by atoms with van der Waals surface area (Å²) in [5, 5.41) is 49.1. The summed E-state index contributed by atoms with van der Waals surface area (Å²) in [6, 6.07) is 13.1. The van der Waals surface area contributed by atoms with Crippen LogP contribution in [-0.2, 0) is 0 Å². The first-order valence-electron chi connectivity index (χ1n) is 14.4. The first-order chi connectivity index (χ1) is 25.5. The second-order valence-electron chi connectivity index (χ2n) is 10.6. The van der Waals surface area contributed by atoms with E-state index >= 15 is 17.6 Å². The largest absolute Gasteiger partial charge is 0.451 e. The van der Waals surface area contributed by atoms with Gasteiger partial charge in [0.1, 0.15) is 11.5 Å². The molecule has 54 heavy (non-hydrogen) atoms. The number of carbonyl (C=O) groups is 2. The summed E-state index contributed by atoms with van der Waals surface area (Å²) in [6.07, 6.45) is 0. The van der Waals surface area contributed by atoms with Gasteiger partial charge < -0.3 is 20.1 Å². The molecular formula is C32H16F4N6O12. The number of nitro groups is 4. The van der Waals surface area contributed by atoms with Gasteiger partial charge in [0, 0.05) is 47.8 Å². The minimum Gasteiger partial charge on any atom is -0.451 e. The minimum atomic E-state index is -2.07. The monoisotopic (exact) mass is 752 g/mol. The van der Waals surface area contributed by atoms with Crippen molar-refractivity contribution in [1.82, 2.24) is 0 Å². The predicted molar refractivity (Wildman–Crippen MR) is 175 cm³/mol. The number of anilines is 2. The Bertz CT molecular complexity index is 2170. The van der Waals surface area contributed by atoms with Crippen LogP contribution in [0.4, 0.5) is 51.7 Å². The molecule has 0 radical (unpaired) electrons. The Kier molecular flexibility index (Phi) is 10.4. The second-order valence-corrected chi connectivity index (χ2v) is 10.6. The summed E-state index contributed by atoms with van der Waals surface area (Å²) >= 11 is 0. The van der Waals surface area contributed by atoms with E-state index in [1.807, 2.05) is 0 Å². The molecule has 0 aliphatic rings. The number of amides is 2. The van der Waals surface area contributed by atoms with Crippen molar-refractivity contribution in [2.24, 2.45) is 0 Å². The van der Waals surface area contributed by atoms with Gasteiger partial charge in [-0.05, 0) is 24.3 Å². The molecule has 0 aromatic heterocycles. The van der Waals surface area contributed by atoms with E-state index in [4.69, 9.17) is 9.47 Å². The van der Waals surface area contributed by atoms with Gasteiger partial charge in [-0.15, -0.1) is 0 Å². The van der Waals surface area contributed by atoms with Gasteiger partial charge in [-0.1, -0.05) is 12.1 Å². The predicted octanol–water partition coefficient (Wildman–Crippen LogP) is 7.97. The molecule has 0 aliphatic carbocycles. The molecule has 2 N–H and O–H groups in total. The van der Waals surface area contributed by atoms with Crippen LogP contribution in [0.15, 0.2) is 84.9 Å². The molecule has 22 heteroatoms. The van der Waals surface area contributed by atoms with E-state index in [-0.39, 0.29) is 11.4 Å². The molecule has 0 spiro atoms. The lowest BCUT2D eigenvalue weighted by Crippen LogP contribution is -2.13. The van der Waals surface area contributed by atoms with Crippen molar-refractivity contribution >= 4 is 45.9 Å². The van der Waals surface area contributed by atoms with Gasteiger partial charge in [0.05, 0.1) is 43.0 Å². The fourth-order valence-electron chi connectivity index (χ4n) is 4.56. The zero-order chi connectivity index (χ0) is 39.4. The maximum atomic E-state index is 15.1. The van der Waals surface area contributed by atoms with E-state index in [9.17, 15) is 50.0 Å². The van der Waals surface area contributed by atoms with Gasteiger partial charge in [-0.2, -0.15) is 17.6 Å². The van der Waals surface area contributed by atoms with Crippen molar-refractivity contribution in [3.8, 4) is 23.0 Å². The summed E-state index contributed by atoms with van der Waals surface area (Å²) in [5.74, 6) is -14.6. The third kappa shape index (κ3) is 8.12. The van der Waals surface area contributed by atoms with Crippen LogP contribution in [0.2, 0.25) is 0 Å². The first kappa shape index (κ1) is 37.2. The van der Waals surface area contributed by atoms with Crippen molar-refractivity contribution < 1.29 is 56.3 Å². The van der Waals surface area contributed by atoms with Crippen molar-refractivity contribution in [3.63, 3.8) is 0 Å². The summed E-state index contributed by atoms with van der Waals surface area (Å²) in [7, 11) is 0. The van der Waals surface area contributed by atoms with Gasteiger partial charge in [0.2, 0.25) is 34.8 Å². The van der Waals surface area contributed by atoms with Crippen LogP contribution in [0.3, 0.4) is 0 Å². The number of ether oxygens (including phenoxy) is 2. The Morgan fingerprint density at radius 1 is 0.481 bits per heavy atom. The van der Waals surface area contributed by atoms with E-state index in [0.717, 1.165) is 48.5 Å². The molecule has 0 saturated heterocycles. The molecule has 0 bridgehead atoms. The van der Waals surface area contributed by atoms with Gasteiger partial charge in [0.15, 0.2) is 0 Å². The standard InChI is InChI=1S/C32H16F4N6O12/c33-25-27(35)30(54-24-6-2-4-18(12-24)38-32(44)16-9-21(41(49)50)14-22(10-16)42(51)52)28(36)26(34)29(25)53-23-5-1-3-17(11-23)37-31(43)15-7-19(39(45)46)13-20(8-15)40(47)48/h1-14H,(H,37,43)(H,38,44). The van der Waals surface area contributed by atoms with Crippen molar-refractivity contribution in [2.45, 2.75) is 0 Å². The van der Waals surface area contributed by atoms with Gasteiger partial charge in [-0.25, -0.2) is 0 Å². The SMILES string of the molecule is O=C(Nc1cccc(Oc2c(F)c(F)c(Oc3cccc(NC(=O)c4cc([N+](=O)[O-])cc([N+](=O)[O-])c4)c3)c(F)c2F)c1)c1cc([N+](=O)[O-])cc([N+](=O)[O-])c1. The number of nitrogens with one attached hydrogen (secondary N) is 2. The molecule has 0 unspecified atom stereocenters. The fourth-order valence-corrected chi connectivity index (χ4v) is 4.56. The highest BCUT2D eigenvalue weighted by Gasteiger charge is 2.29. The fraction of sp³-hybridized carbons (Fsp3) is 0. The number of nitrogens with zero attached hydrogens (tertiary/aromatic N) is 4. The van der Waals surface area contributed by atoms with Gasteiger partial charge >= 0.3 is 0 Å². The van der Waals surface area contributed by atoms with Gasteiger partial charge in [-0.3, -0.25) is 50.0 Å². The highest BCUT2D eigenvalue weighted by Crippen LogP contribution is 2.39. The van der Waals surface area contributed by atoms with Crippen LogP contribution in [0.5, 0.6) is 23.0 Å². The average molecular weight is 753 g/mol. The van der Waals surface area contributed by atoms with Crippen LogP contribution < -0.4 is 20.1 Å². The maximum Gasteiger partial charge on any atom is 0.277 e. The summed E-state index contributed by atoms with van der Waals surface area (Å²) in [5.41, 5.74) is -4.40. The molecule has 5 aromatic rings. The van der Waals surface area contributed by atoms with E-state index in [2.05, 4.69) is 10.6 Å². The topological polar surface area (TPSA) is 249 Å². The van der Waals surface area contributed by atoms with Crippen molar-refractivity contribution in [2.75, 3.05) is 10.6 Å². The number of hydrogen-bond donors (Lipinski definition) is 2. The van der Waals surface area contributed by atoms with E-state index in [0.29, 0.717) is 12.1 Å². The zero-order valence-corrected chi connectivity index (χ0v) is 26.3. The van der Waals surface area contributed by atoms with Crippen molar-refractivity contribution in [3.05, 3.63) is 160 Å². The number of rotatable bonds is 12. The molecule has 5 rings (SSSR count).